The molecule has 6 nitrogen and oxygen atoms in total. The Kier molecular flexibility index (Phi) is 16.4. The van der Waals surface area contributed by atoms with Gasteiger partial charge < -0.3 is 28.4 Å². The summed E-state index contributed by atoms with van der Waals surface area (Å²) in [5.74, 6) is 1.27. The largest absolute Gasteiger partial charge is 0.492 e. The van der Waals surface area contributed by atoms with E-state index in [0.717, 1.165) is 67.2 Å². The first-order chi connectivity index (χ1) is 36.1. The predicted octanol–water partition coefficient (Wildman–Crippen LogP) is 15.6. The first kappa shape index (κ1) is 51.5. The molecule has 378 valence electrons. The summed E-state index contributed by atoms with van der Waals surface area (Å²) in [6, 6.07) is 59.9. The van der Waals surface area contributed by atoms with Crippen LogP contribution in [0.5, 0.6) is 11.5 Å². The standard InChI is InChI=1S/C67H71FN4O2/c1-9-57(65(47-19-15-13-16-20-47)49-25-33-55(34-26-49)73-41-39-69(5)6)52-29-37-63-59(43-52)61(45-71(63)11-3)67(51-23-31-54(68)32-24-51)62-46-72(12-4)64-38-30-53(44-60(62)64)58(10-2)66(48-21-17-14-18-22-48)50-27-35-56(36-28-50)74-42-40-70(7)8/h13-38,43-46,67H,9-12,39-42H2,1-8H3/b65-57-,66-58-. The van der Waals surface area contributed by atoms with Crippen LogP contribution in [0.25, 0.3) is 44.1 Å². The quantitative estimate of drug-likeness (QED) is 0.0672. The van der Waals surface area contributed by atoms with Crippen LogP contribution in [0.4, 0.5) is 4.39 Å². The molecule has 0 unspecified atom stereocenters. The molecule has 0 fully saturated rings. The monoisotopic (exact) mass is 983 g/mol. The summed E-state index contributed by atoms with van der Waals surface area (Å²) >= 11 is 0. The Hall–Kier alpha value is -7.45. The topological polar surface area (TPSA) is 34.8 Å². The van der Waals surface area contributed by atoms with E-state index in [4.69, 9.17) is 9.47 Å². The van der Waals surface area contributed by atoms with Crippen LogP contribution in [0.15, 0.2) is 182 Å². The number of nitrogens with zero attached hydrogens (tertiary/aromatic N) is 4. The van der Waals surface area contributed by atoms with Crippen molar-refractivity contribution < 1.29 is 13.9 Å². The molecule has 2 aromatic heterocycles. The molecule has 0 radical (unpaired) electrons. The van der Waals surface area contributed by atoms with Gasteiger partial charge in [-0.2, -0.15) is 0 Å². The van der Waals surface area contributed by atoms with Crippen molar-refractivity contribution >= 4 is 44.1 Å². The fourth-order valence-electron chi connectivity index (χ4n) is 10.6. The van der Waals surface area contributed by atoms with Gasteiger partial charge in [-0.15, -0.1) is 0 Å². The summed E-state index contributed by atoms with van der Waals surface area (Å²) in [5, 5.41) is 2.37. The van der Waals surface area contributed by atoms with Gasteiger partial charge in [-0.1, -0.05) is 123 Å². The molecule has 7 aromatic carbocycles. The van der Waals surface area contributed by atoms with Crippen molar-refractivity contribution in [3.63, 3.8) is 0 Å². The van der Waals surface area contributed by atoms with E-state index >= 15 is 4.39 Å². The molecule has 9 aromatic rings. The molecule has 0 N–H and O–H groups in total. The third-order valence-electron chi connectivity index (χ3n) is 14.4. The number of ether oxygens (including phenoxy) is 2. The van der Waals surface area contributed by atoms with Crippen LogP contribution in [0, 0.1) is 5.82 Å². The maximum absolute atomic E-state index is 15.0. The number of halogens is 1. The number of aryl methyl sites for hydroxylation is 2. The Morgan fingerprint density at radius 1 is 0.459 bits per heavy atom. The number of allylic oxidation sites excluding steroid dienone is 2. The number of likely N-dealkylation sites (N-methyl/N-ethyl adjacent to an activating group) is 2. The van der Waals surface area contributed by atoms with Crippen molar-refractivity contribution in [1.29, 1.82) is 0 Å². The highest BCUT2D eigenvalue weighted by molar-refractivity contribution is 6.02. The first-order valence-electron chi connectivity index (χ1n) is 26.4. The molecule has 74 heavy (non-hydrogen) atoms. The summed E-state index contributed by atoms with van der Waals surface area (Å²) in [5.41, 5.74) is 17.7. The Bertz CT molecular complexity index is 3160. The average Bonchev–Trinajstić information content (AvgIpc) is 3.98. The highest BCUT2D eigenvalue weighted by Gasteiger charge is 2.27. The number of hydrogen-bond acceptors (Lipinski definition) is 4. The van der Waals surface area contributed by atoms with Gasteiger partial charge in [0.15, 0.2) is 0 Å². The van der Waals surface area contributed by atoms with Crippen LogP contribution in [-0.2, 0) is 13.1 Å². The molecule has 0 saturated carbocycles. The van der Waals surface area contributed by atoms with Gasteiger partial charge in [0.1, 0.15) is 30.5 Å². The number of fused-ring (bicyclic) bond motifs is 2. The van der Waals surface area contributed by atoms with E-state index in [0.29, 0.717) is 13.2 Å². The fourth-order valence-corrected chi connectivity index (χ4v) is 10.6. The maximum Gasteiger partial charge on any atom is 0.123 e. The zero-order valence-corrected chi connectivity index (χ0v) is 44.5. The van der Waals surface area contributed by atoms with Crippen molar-refractivity contribution in [2.45, 2.75) is 59.5 Å². The lowest BCUT2D eigenvalue weighted by Crippen LogP contribution is -2.19. The lowest BCUT2D eigenvalue weighted by Gasteiger charge is -2.20. The summed E-state index contributed by atoms with van der Waals surface area (Å²) in [6.45, 7) is 13.5. The van der Waals surface area contributed by atoms with Gasteiger partial charge >= 0.3 is 0 Å². The lowest BCUT2D eigenvalue weighted by molar-refractivity contribution is 0.261. The number of benzene rings is 7. The molecule has 0 amide bonds. The van der Waals surface area contributed by atoms with Gasteiger partial charge in [0.2, 0.25) is 0 Å². The summed E-state index contributed by atoms with van der Waals surface area (Å²) < 4.78 is 32.1. The molecule has 2 heterocycles. The van der Waals surface area contributed by atoms with Crippen LogP contribution in [0.3, 0.4) is 0 Å². The third-order valence-corrected chi connectivity index (χ3v) is 14.4. The second-order valence-electron chi connectivity index (χ2n) is 19.7. The average molecular weight is 983 g/mol. The van der Waals surface area contributed by atoms with E-state index in [1.165, 1.54) is 77.5 Å². The zero-order chi connectivity index (χ0) is 51.7. The van der Waals surface area contributed by atoms with Crippen molar-refractivity contribution in [2.24, 2.45) is 0 Å². The fraction of sp³-hybridized carbons (Fsp3) is 0.254. The van der Waals surface area contributed by atoms with Gasteiger partial charge in [-0.05, 0) is 188 Å². The highest BCUT2D eigenvalue weighted by Crippen LogP contribution is 2.45. The van der Waals surface area contributed by atoms with E-state index in [1.807, 2.05) is 12.1 Å². The minimum atomic E-state index is -0.248. The Morgan fingerprint density at radius 2 is 0.838 bits per heavy atom. The predicted molar refractivity (Wildman–Crippen MR) is 309 cm³/mol. The molecule has 7 heteroatoms. The van der Waals surface area contributed by atoms with Crippen LogP contribution >= 0.6 is 0 Å². The molecule has 9 rings (SSSR count). The lowest BCUT2D eigenvalue weighted by atomic mass is 9.83. The second kappa shape index (κ2) is 23.6. The molecule has 0 aliphatic heterocycles. The summed E-state index contributed by atoms with van der Waals surface area (Å²) in [6.07, 6.45) is 6.34. The van der Waals surface area contributed by atoms with Gasteiger partial charge in [-0.3, -0.25) is 0 Å². The minimum absolute atomic E-state index is 0.211. The Morgan fingerprint density at radius 3 is 1.20 bits per heavy atom. The molecule has 0 spiro atoms. The number of rotatable bonds is 21. The van der Waals surface area contributed by atoms with Gasteiger partial charge in [0.25, 0.3) is 0 Å². The molecule has 0 aliphatic rings. The summed E-state index contributed by atoms with van der Waals surface area (Å²) in [4.78, 5) is 4.26. The minimum Gasteiger partial charge on any atom is -0.492 e. The SMILES string of the molecule is CC/C(=C(\c1ccccc1)c1ccc(OCCN(C)C)cc1)c1ccc2c(c1)c(C(c1ccc(F)cc1)c1cn(CC)c3ccc(/C(CC)=C(/c4ccccc4)c4ccc(OCCN(C)C)cc4)cc13)cn2CC. The second-order valence-corrected chi connectivity index (χ2v) is 19.7. The molecule has 0 atom stereocenters. The van der Waals surface area contributed by atoms with Crippen molar-refractivity contribution in [3.8, 4) is 11.5 Å². The summed E-state index contributed by atoms with van der Waals surface area (Å²) in [7, 11) is 8.24. The van der Waals surface area contributed by atoms with Crippen molar-refractivity contribution in [1.82, 2.24) is 18.9 Å². The van der Waals surface area contributed by atoms with Crippen LogP contribution in [0.1, 0.15) is 96.5 Å². The highest BCUT2D eigenvalue weighted by atomic mass is 19.1. The number of hydrogen-bond donors (Lipinski definition) is 0. The van der Waals surface area contributed by atoms with E-state index in [1.54, 1.807) is 12.1 Å². The van der Waals surface area contributed by atoms with E-state index in [-0.39, 0.29) is 11.7 Å². The van der Waals surface area contributed by atoms with E-state index in [2.05, 4.69) is 233 Å². The van der Waals surface area contributed by atoms with Crippen LogP contribution in [-0.4, -0.2) is 73.4 Å². The first-order valence-corrected chi connectivity index (χ1v) is 26.4. The smallest absolute Gasteiger partial charge is 0.123 e. The van der Waals surface area contributed by atoms with E-state index in [9.17, 15) is 0 Å². The molecular weight excluding hydrogens is 912 g/mol. The Labute approximate surface area is 438 Å². The van der Waals surface area contributed by atoms with E-state index < -0.39 is 0 Å². The Balaban J connectivity index is 1.23. The molecule has 0 aliphatic carbocycles. The van der Waals surface area contributed by atoms with Crippen molar-refractivity contribution in [3.05, 3.63) is 238 Å². The molecular formula is C67H71FN4O2. The van der Waals surface area contributed by atoms with Crippen LogP contribution in [0.2, 0.25) is 0 Å². The number of aromatic nitrogens is 2. The maximum atomic E-state index is 15.0. The van der Waals surface area contributed by atoms with Crippen LogP contribution < -0.4 is 9.47 Å². The molecule has 0 bridgehead atoms. The van der Waals surface area contributed by atoms with Crippen molar-refractivity contribution in [2.75, 3.05) is 54.5 Å². The van der Waals surface area contributed by atoms with Gasteiger partial charge in [0.05, 0.1) is 0 Å². The third kappa shape index (κ3) is 11.2. The zero-order valence-electron chi connectivity index (χ0n) is 44.5. The molecule has 0 saturated heterocycles. The van der Waals surface area contributed by atoms with Gasteiger partial charge in [0, 0.05) is 66.3 Å². The van der Waals surface area contributed by atoms with Gasteiger partial charge in [-0.25, -0.2) is 4.39 Å². The normalized spacial score (nSPS) is 12.9.